The molecule has 1 unspecified atom stereocenters. The van der Waals surface area contributed by atoms with Gasteiger partial charge < -0.3 is 5.11 Å². The van der Waals surface area contributed by atoms with Gasteiger partial charge in [-0.15, -0.1) is 0 Å². The third kappa shape index (κ3) is 3.39. The maximum Gasteiger partial charge on any atom is 0.310 e. The largest absolute Gasteiger partial charge is 0.481 e. The van der Waals surface area contributed by atoms with Crippen molar-refractivity contribution < 1.29 is 30.5 Å². The summed E-state index contributed by atoms with van der Waals surface area (Å²) in [4.78, 5) is 11.4. The molecule has 0 aromatic heterocycles. The van der Waals surface area contributed by atoms with Crippen molar-refractivity contribution in [2.75, 3.05) is 0 Å². The molecule has 0 saturated carbocycles. The fraction of sp³-hybridized carbons (Fsp3) is 0.462. The van der Waals surface area contributed by atoms with Gasteiger partial charge in [-0.1, -0.05) is 37.9 Å². The van der Waals surface area contributed by atoms with Crippen LogP contribution < -0.4 is 0 Å². The molecule has 82 valence electrons. The summed E-state index contributed by atoms with van der Waals surface area (Å²) in [6.07, 6.45) is -3.64. The Bertz CT molecular complexity index is 819. The Morgan fingerprint density at radius 3 is 3.00 bits per heavy atom. The molecule has 0 radical (unpaired) electrons. The van der Waals surface area contributed by atoms with Crippen molar-refractivity contribution in [1.82, 2.24) is 0 Å². The van der Waals surface area contributed by atoms with Gasteiger partial charge in [0.15, 0.2) is 0 Å². The summed E-state index contributed by atoms with van der Waals surface area (Å²) in [5, 5.41) is 9.23. The maximum absolute atomic E-state index is 11.4. The first kappa shape index (κ1) is 2.68. The molecule has 0 aliphatic heterocycles. The number of carboxylic acid groups (broad SMARTS) is 1. The van der Waals surface area contributed by atoms with Crippen LogP contribution in [0.25, 0.3) is 0 Å². The summed E-state index contributed by atoms with van der Waals surface area (Å²) in [5.74, 6) is -8.17. The second-order valence-electron chi connectivity index (χ2n) is 2.64. The van der Waals surface area contributed by atoms with E-state index in [0.29, 0.717) is 6.07 Å². The van der Waals surface area contributed by atoms with Crippen LogP contribution in [-0.4, -0.2) is 11.1 Å². The highest BCUT2D eigenvalue weighted by atomic mass is 16.4. The lowest BCUT2D eigenvalue weighted by atomic mass is 9.97. The number of carbonyl (C=O) groups is 1. The Morgan fingerprint density at radius 1 is 1.60 bits per heavy atom. The smallest absolute Gasteiger partial charge is 0.310 e. The number of hydrogen-bond donors (Lipinski definition) is 1. The minimum absolute atomic E-state index is 0.401. The van der Waals surface area contributed by atoms with Gasteiger partial charge in [-0.25, -0.2) is 0 Å². The first-order valence-electron chi connectivity index (χ1n) is 11.4. The third-order valence-electron chi connectivity index (χ3n) is 1.50. The van der Waals surface area contributed by atoms with Gasteiger partial charge >= 0.3 is 5.97 Å². The van der Waals surface area contributed by atoms with E-state index in [2.05, 4.69) is 0 Å². The number of hydrogen-bond acceptors (Lipinski definition) is 1. The van der Waals surface area contributed by atoms with Gasteiger partial charge in [0, 0.05) is 16.4 Å². The molecule has 0 spiro atoms. The molecule has 1 aromatic rings. The first-order chi connectivity index (χ1) is 13.0. The quantitative estimate of drug-likeness (QED) is 0.848. The monoisotopic (exact) mass is 221 g/mol. The average molecular weight is 221 g/mol. The summed E-state index contributed by atoms with van der Waals surface area (Å²) >= 11 is 0. The van der Waals surface area contributed by atoms with Gasteiger partial charge in [-0.05, 0) is 30.2 Å². The second-order valence-corrected chi connectivity index (χ2v) is 2.64. The Morgan fingerprint density at radius 2 is 2.40 bits per heavy atom. The fourth-order valence-electron chi connectivity index (χ4n) is 0.838. The topological polar surface area (TPSA) is 37.3 Å². The molecule has 1 rings (SSSR count). The lowest BCUT2D eigenvalue weighted by Crippen LogP contribution is -2.07. The van der Waals surface area contributed by atoms with Gasteiger partial charge in [0.1, 0.15) is 0 Å². The molecular weight excluding hydrogens is 188 g/mol. The molecule has 0 saturated heterocycles. The van der Waals surface area contributed by atoms with Crippen molar-refractivity contribution in [1.29, 1.82) is 0 Å². The van der Waals surface area contributed by atoms with E-state index in [4.69, 9.17) is 20.6 Å². The number of aliphatic carboxylic acids is 1. The molecule has 1 atom stereocenters. The van der Waals surface area contributed by atoms with Crippen LogP contribution in [0.1, 0.15) is 58.2 Å². The Labute approximate surface area is 112 Å². The fourth-order valence-corrected chi connectivity index (χ4v) is 0.838. The third-order valence-corrected chi connectivity index (χ3v) is 1.50. The number of rotatable bonds is 4. The van der Waals surface area contributed by atoms with Gasteiger partial charge in [0.25, 0.3) is 0 Å². The van der Waals surface area contributed by atoms with Crippen LogP contribution in [0.2, 0.25) is 0 Å². The Kier molecular flexibility index (Phi) is 0.886. The molecular formula is C13H18O2. The second kappa shape index (κ2) is 4.96. The van der Waals surface area contributed by atoms with Gasteiger partial charge in [-0.2, -0.15) is 0 Å². The van der Waals surface area contributed by atoms with Crippen LogP contribution in [0, 0.1) is 5.89 Å². The van der Waals surface area contributed by atoms with Crippen LogP contribution in [0.4, 0.5) is 0 Å². The van der Waals surface area contributed by atoms with E-state index in [1.807, 2.05) is 0 Å². The van der Waals surface area contributed by atoms with Crippen molar-refractivity contribution in [3.8, 4) is 0 Å². The van der Waals surface area contributed by atoms with Crippen molar-refractivity contribution in [2.45, 2.75) is 32.8 Å². The molecule has 0 fully saturated rings. The van der Waals surface area contributed by atoms with Crippen molar-refractivity contribution in [2.24, 2.45) is 5.89 Å². The minimum Gasteiger partial charge on any atom is -0.481 e. The van der Waals surface area contributed by atoms with Crippen molar-refractivity contribution in [3.05, 3.63) is 35.3 Å². The SMILES string of the molecule is [2H]c1cc(C([2H])([2H])C([2H])(C([2H])([2H])[2H])C([2H])([2H])[2H])c([2H])c([2H])c1C(C(=O)O)C([2H])([2H])[2H]. The molecule has 1 N–H and O–H groups in total. The van der Waals surface area contributed by atoms with Crippen LogP contribution >= 0.6 is 0 Å². The molecule has 0 aliphatic carbocycles. The van der Waals surface area contributed by atoms with E-state index in [9.17, 15) is 9.90 Å². The molecule has 2 nitrogen and oxygen atoms in total. The molecule has 0 amide bonds. The summed E-state index contributed by atoms with van der Waals surface area (Å²) in [7, 11) is 0. The summed E-state index contributed by atoms with van der Waals surface area (Å²) in [5.41, 5.74) is -2.07. The predicted octanol–water partition coefficient (Wildman–Crippen LogP) is 3.07. The van der Waals surface area contributed by atoms with Crippen LogP contribution in [0.3, 0.4) is 0 Å². The van der Waals surface area contributed by atoms with Crippen LogP contribution in [0.15, 0.2) is 24.2 Å². The molecule has 0 bridgehead atoms. The molecule has 0 aliphatic rings. The van der Waals surface area contributed by atoms with E-state index in [1.165, 1.54) is 0 Å². The van der Waals surface area contributed by atoms with Crippen LogP contribution in [-0.2, 0) is 11.2 Å². The highest BCUT2D eigenvalue weighted by Crippen LogP contribution is 2.17. The summed E-state index contributed by atoms with van der Waals surface area (Å²) in [6, 6.07) is -3.02. The minimum atomic E-state index is -3.82. The number of benzene rings is 1. The zero-order valence-corrected chi connectivity index (χ0v) is 7.51. The first-order valence-corrected chi connectivity index (χ1v) is 3.87. The standard InChI is InChI=1S/C13H18O2/c1-9(2)8-11-4-6-12(7-5-11)10(3)13(14)15/h4-7,9-10H,8H2,1-3H3,(H,14,15)/i1D3,2D3,3D3,4D,6D,7D,8D2,9D. The van der Waals surface area contributed by atoms with E-state index in [1.54, 1.807) is 0 Å². The summed E-state index contributed by atoms with van der Waals surface area (Å²) < 4.78 is 115. The molecule has 0 heterocycles. The van der Waals surface area contributed by atoms with Gasteiger partial charge in [0.05, 0.1) is 10.0 Å². The lowest BCUT2D eigenvalue weighted by molar-refractivity contribution is -0.138. The lowest BCUT2D eigenvalue weighted by Gasteiger charge is -2.09. The van der Waals surface area contributed by atoms with Gasteiger partial charge in [-0.3, -0.25) is 4.79 Å². The normalized spacial score (nSPS) is 31.6. The van der Waals surface area contributed by atoms with E-state index in [0.717, 1.165) is 0 Å². The zero-order valence-electron chi connectivity index (χ0n) is 22.5. The van der Waals surface area contributed by atoms with E-state index < -0.39 is 74.0 Å². The maximum atomic E-state index is 11.4. The molecule has 1 aromatic carbocycles. The highest BCUT2D eigenvalue weighted by molar-refractivity contribution is 5.75. The van der Waals surface area contributed by atoms with Crippen molar-refractivity contribution >= 4 is 5.97 Å². The van der Waals surface area contributed by atoms with Gasteiger partial charge in [0.2, 0.25) is 0 Å². The average Bonchev–Trinajstić information content (AvgIpc) is 2.49. The summed E-state index contributed by atoms with van der Waals surface area (Å²) in [6.45, 7) is -10.7. The highest BCUT2D eigenvalue weighted by Gasteiger charge is 2.12. The van der Waals surface area contributed by atoms with Crippen LogP contribution in [0.5, 0.6) is 0 Å². The number of carboxylic acids is 1. The van der Waals surface area contributed by atoms with Crippen molar-refractivity contribution in [3.63, 3.8) is 0 Å². The van der Waals surface area contributed by atoms with E-state index >= 15 is 0 Å². The predicted molar refractivity (Wildman–Crippen MR) is 61.0 cm³/mol. The molecule has 2 heteroatoms. The molecule has 15 heavy (non-hydrogen) atoms. The Balaban J connectivity index is 3.97. The zero-order chi connectivity index (χ0) is 24.2. The van der Waals surface area contributed by atoms with E-state index in [-0.39, 0.29) is 0 Å². The Hall–Kier alpha value is -1.31.